The maximum absolute atomic E-state index is 13.6. The fraction of sp³-hybridized carbons (Fsp3) is 0.500. The van der Waals surface area contributed by atoms with Gasteiger partial charge in [-0.1, -0.05) is 13.8 Å². The lowest BCUT2D eigenvalue weighted by molar-refractivity contribution is -0.144. The fourth-order valence-electron chi connectivity index (χ4n) is 1.87. The predicted octanol–water partition coefficient (Wildman–Crippen LogP) is 2.81. The number of rotatable bonds is 5. The zero-order chi connectivity index (χ0) is 14.6. The van der Waals surface area contributed by atoms with Gasteiger partial charge in [0.2, 0.25) is 0 Å². The van der Waals surface area contributed by atoms with Crippen LogP contribution < -0.4 is 5.32 Å². The molecule has 0 fully saturated rings. The van der Waals surface area contributed by atoms with Crippen LogP contribution in [0.25, 0.3) is 0 Å². The number of carbonyl (C=O) groups excluding carboxylic acids is 1. The zero-order valence-electron chi connectivity index (χ0n) is 11.5. The average Bonchev–Trinajstić information content (AvgIpc) is 2.37. The van der Waals surface area contributed by atoms with Crippen LogP contribution in [0.15, 0.2) is 18.2 Å². The van der Waals surface area contributed by atoms with Crippen molar-refractivity contribution in [3.8, 4) is 0 Å². The number of hydrogen-bond acceptors (Lipinski definition) is 3. The molecule has 1 N–H and O–H groups in total. The summed E-state index contributed by atoms with van der Waals surface area (Å²) in [6, 6.07) is 2.20. The first kappa shape index (κ1) is 15.6. The van der Waals surface area contributed by atoms with E-state index in [4.69, 9.17) is 4.74 Å². The molecule has 3 nitrogen and oxygen atoms in total. The van der Waals surface area contributed by atoms with E-state index in [-0.39, 0.29) is 11.5 Å². The highest BCUT2D eigenvalue weighted by Crippen LogP contribution is 2.20. The van der Waals surface area contributed by atoms with Crippen molar-refractivity contribution < 1.29 is 18.3 Å². The van der Waals surface area contributed by atoms with E-state index in [9.17, 15) is 13.6 Å². The van der Waals surface area contributed by atoms with Gasteiger partial charge >= 0.3 is 5.97 Å². The van der Waals surface area contributed by atoms with Crippen LogP contribution in [0.1, 0.15) is 32.4 Å². The van der Waals surface area contributed by atoms with Gasteiger partial charge in [-0.2, -0.15) is 0 Å². The SMILES string of the molecule is COC(=O)[C@@H](NC(C)c1cc(F)ccc1F)C(C)C. The van der Waals surface area contributed by atoms with Crippen LogP contribution in [0.4, 0.5) is 8.78 Å². The molecule has 0 spiro atoms. The summed E-state index contributed by atoms with van der Waals surface area (Å²) in [7, 11) is 1.30. The Balaban J connectivity index is 2.90. The second-order valence-corrected chi connectivity index (χ2v) is 4.80. The molecule has 0 radical (unpaired) electrons. The van der Waals surface area contributed by atoms with Gasteiger partial charge in [0.05, 0.1) is 7.11 Å². The van der Waals surface area contributed by atoms with Crippen molar-refractivity contribution in [1.82, 2.24) is 5.32 Å². The van der Waals surface area contributed by atoms with E-state index in [0.29, 0.717) is 0 Å². The zero-order valence-corrected chi connectivity index (χ0v) is 11.5. The first-order valence-electron chi connectivity index (χ1n) is 6.15. The molecule has 0 saturated heterocycles. The molecule has 5 heteroatoms. The van der Waals surface area contributed by atoms with Gasteiger partial charge in [0.25, 0.3) is 0 Å². The minimum absolute atomic E-state index is 0.0217. The van der Waals surface area contributed by atoms with E-state index in [1.807, 2.05) is 13.8 Å². The van der Waals surface area contributed by atoms with Crippen LogP contribution in [0.5, 0.6) is 0 Å². The highest BCUT2D eigenvalue weighted by atomic mass is 19.1. The Labute approximate surface area is 112 Å². The largest absolute Gasteiger partial charge is 0.468 e. The van der Waals surface area contributed by atoms with Crippen LogP contribution in [0.3, 0.4) is 0 Å². The Morgan fingerprint density at radius 3 is 2.42 bits per heavy atom. The van der Waals surface area contributed by atoms with Crippen LogP contribution in [-0.4, -0.2) is 19.1 Å². The Kier molecular flexibility index (Phi) is 5.42. The third-order valence-electron chi connectivity index (χ3n) is 2.98. The Bertz CT molecular complexity index is 449. The smallest absolute Gasteiger partial charge is 0.323 e. The average molecular weight is 271 g/mol. The fourth-order valence-corrected chi connectivity index (χ4v) is 1.87. The highest BCUT2D eigenvalue weighted by molar-refractivity contribution is 5.76. The summed E-state index contributed by atoms with van der Waals surface area (Å²) in [5.41, 5.74) is 0.189. The topological polar surface area (TPSA) is 38.3 Å². The van der Waals surface area contributed by atoms with Crippen LogP contribution >= 0.6 is 0 Å². The molecule has 0 aliphatic heterocycles. The molecule has 1 aromatic carbocycles. The van der Waals surface area contributed by atoms with Crippen molar-refractivity contribution in [2.24, 2.45) is 5.92 Å². The maximum Gasteiger partial charge on any atom is 0.323 e. The Morgan fingerprint density at radius 1 is 1.26 bits per heavy atom. The van der Waals surface area contributed by atoms with E-state index in [1.165, 1.54) is 7.11 Å². The molecule has 1 unspecified atom stereocenters. The summed E-state index contributed by atoms with van der Waals surface area (Å²) in [6.45, 7) is 5.38. The van der Waals surface area contributed by atoms with Gasteiger partial charge in [0, 0.05) is 11.6 Å². The van der Waals surface area contributed by atoms with Gasteiger partial charge in [-0.3, -0.25) is 10.1 Å². The number of ether oxygens (including phenoxy) is 1. The first-order chi connectivity index (χ1) is 8.86. The normalized spacial score (nSPS) is 14.3. The monoisotopic (exact) mass is 271 g/mol. The van der Waals surface area contributed by atoms with Gasteiger partial charge in [-0.25, -0.2) is 8.78 Å². The number of nitrogens with one attached hydrogen (secondary N) is 1. The summed E-state index contributed by atoms with van der Waals surface area (Å²) in [5, 5.41) is 2.97. The minimum Gasteiger partial charge on any atom is -0.468 e. The number of esters is 1. The number of benzene rings is 1. The predicted molar refractivity (Wildman–Crippen MR) is 68.6 cm³/mol. The third kappa shape index (κ3) is 3.99. The molecular weight excluding hydrogens is 252 g/mol. The molecule has 0 heterocycles. The maximum atomic E-state index is 13.6. The number of halogens is 2. The molecule has 19 heavy (non-hydrogen) atoms. The van der Waals surface area contributed by atoms with E-state index < -0.39 is 29.7 Å². The van der Waals surface area contributed by atoms with Gasteiger partial charge < -0.3 is 4.74 Å². The molecule has 2 atom stereocenters. The molecule has 0 saturated carbocycles. The molecule has 0 aliphatic rings. The molecule has 0 amide bonds. The van der Waals surface area contributed by atoms with Gasteiger partial charge in [-0.05, 0) is 31.0 Å². The van der Waals surface area contributed by atoms with E-state index in [0.717, 1.165) is 18.2 Å². The van der Waals surface area contributed by atoms with Crippen molar-refractivity contribution in [3.05, 3.63) is 35.4 Å². The van der Waals surface area contributed by atoms with Crippen molar-refractivity contribution in [2.45, 2.75) is 32.9 Å². The van der Waals surface area contributed by atoms with Crippen LogP contribution in [0, 0.1) is 17.6 Å². The lowest BCUT2D eigenvalue weighted by Gasteiger charge is -2.24. The summed E-state index contributed by atoms with van der Waals surface area (Å²) in [5.74, 6) is -1.46. The van der Waals surface area contributed by atoms with Crippen molar-refractivity contribution in [1.29, 1.82) is 0 Å². The minimum atomic E-state index is -0.567. The van der Waals surface area contributed by atoms with Crippen molar-refractivity contribution >= 4 is 5.97 Å². The highest BCUT2D eigenvalue weighted by Gasteiger charge is 2.25. The first-order valence-corrected chi connectivity index (χ1v) is 6.15. The third-order valence-corrected chi connectivity index (χ3v) is 2.98. The lowest BCUT2D eigenvalue weighted by atomic mass is 10.0. The lowest BCUT2D eigenvalue weighted by Crippen LogP contribution is -2.43. The van der Waals surface area contributed by atoms with Crippen LogP contribution in [-0.2, 0) is 9.53 Å². The second kappa shape index (κ2) is 6.61. The Hall–Kier alpha value is -1.49. The van der Waals surface area contributed by atoms with E-state index in [2.05, 4.69) is 5.32 Å². The number of hydrogen-bond donors (Lipinski definition) is 1. The summed E-state index contributed by atoms with van der Waals surface area (Å²) < 4.78 is 31.5. The molecular formula is C14H19F2NO2. The summed E-state index contributed by atoms with van der Waals surface area (Å²) in [6.07, 6.45) is 0. The summed E-state index contributed by atoms with van der Waals surface area (Å²) >= 11 is 0. The van der Waals surface area contributed by atoms with Crippen molar-refractivity contribution in [3.63, 3.8) is 0 Å². The van der Waals surface area contributed by atoms with E-state index in [1.54, 1.807) is 6.92 Å². The number of methoxy groups -OCH3 is 1. The molecule has 0 aromatic heterocycles. The van der Waals surface area contributed by atoms with Gasteiger partial charge in [0.1, 0.15) is 17.7 Å². The van der Waals surface area contributed by atoms with Gasteiger partial charge in [-0.15, -0.1) is 0 Å². The molecule has 0 aliphatic carbocycles. The van der Waals surface area contributed by atoms with Crippen molar-refractivity contribution in [2.75, 3.05) is 7.11 Å². The van der Waals surface area contributed by atoms with Crippen LogP contribution in [0.2, 0.25) is 0 Å². The second-order valence-electron chi connectivity index (χ2n) is 4.80. The standard InChI is InChI=1S/C14H19F2NO2/c1-8(2)13(14(18)19-4)17-9(3)11-7-10(15)5-6-12(11)16/h5-9,13,17H,1-4H3/t9?,13-/m0/s1. The van der Waals surface area contributed by atoms with Gasteiger partial charge in [0.15, 0.2) is 0 Å². The Morgan fingerprint density at radius 2 is 1.89 bits per heavy atom. The van der Waals surface area contributed by atoms with E-state index >= 15 is 0 Å². The molecule has 1 aromatic rings. The molecule has 1 rings (SSSR count). The number of carbonyl (C=O) groups is 1. The summed E-state index contributed by atoms with van der Waals surface area (Å²) in [4.78, 5) is 11.6. The molecule has 106 valence electrons. The molecule has 0 bridgehead atoms. The quantitative estimate of drug-likeness (QED) is 0.837.